The first-order chi connectivity index (χ1) is 9.61. The molecule has 0 bridgehead atoms. The quantitative estimate of drug-likeness (QED) is 0.776. The van der Waals surface area contributed by atoms with Crippen LogP contribution < -0.4 is 10.6 Å². The Bertz CT molecular complexity index is 544. The highest BCUT2D eigenvalue weighted by Gasteiger charge is 2.30. The smallest absolute Gasteiger partial charge is 0.321 e. The standard InChI is InChI=1S/C14H20N2O4S/c1-8-5-10(21-9(8)2)7-15-13(20)16-11(17)6-14(3,4)12(18)19/h5H,6-7H2,1-4H3,(H,18,19)(H2,15,16,17,20). The summed E-state index contributed by atoms with van der Waals surface area (Å²) in [5.74, 6) is -1.69. The van der Waals surface area contributed by atoms with E-state index in [-0.39, 0.29) is 6.42 Å². The second kappa shape index (κ2) is 6.71. The summed E-state index contributed by atoms with van der Waals surface area (Å²) in [6, 6.07) is 1.36. The normalized spacial score (nSPS) is 11.0. The molecule has 116 valence electrons. The van der Waals surface area contributed by atoms with Crippen molar-refractivity contribution in [2.24, 2.45) is 5.41 Å². The van der Waals surface area contributed by atoms with Crippen molar-refractivity contribution in [3.05, 3.63) is 21.4 Å². The highest BCUT2D eigenvalue weighted by Crippen LogP contribution is 2.21. The molecule has 0 fully saturated rings. The van der Waals surface area contributed by atoms with E-state index in [9.17, 15) is 14.4 Å². The maximum Gasteiger partial charge on any atom is 0.321 e. The van der Waals surface area contributed by atoms with E-state index in [4.69, 9.17) is 5.11 Å². The molecule has 0 spiro atoms. The van der Waals surface area contributed by atoms with Gasteiger partial charge < -0.3 is 10.4 Å². The van der Waals surface area contributed by atoms with Gasteiger partial charge in [-0.1, -0.05) is 0 Å². The van der Waals surface area contributed by atoms with Crippen LogP contribution in [0.25, 0.3) is 0 Å². The van der Waals surface area contributed by atoms with Crippen molar-refractivity contribution in [3.8, 4) is 0 Å². The number of rotatable bonds is 5. The third-order valence-electron chi connectivity index (χ3n) is 3.07. The minimum Gasteiger partial charge on any atom is -0.481 e. The largest absolute Gasteiger partial charge is 0.481 e. The highest BCUT2D eigenvalue weighted by molar-refractivity contribution is 7.12. The predicted molar refractivity (Wildman–Crippen MR) is 80.2 cm³/mol. The van der Waals surface area contributed by atoms with Crippen LogP contribution in [0, 0.1) is 19.3 Å². The van der Waals surface area contributed by atoms with Gasteiger partial charge in [0.05, 0.1) is 12.0 Å². The third kappa shape index (κ3) is 5.18. The van der Waals surface area contributed by atoms with Crippen LogP contribution >= 0.6 is 11.3 Å². The van der Waals surface area contributed by atoms with Crippen molar-refractivity contribution >= 4 is 29.2 Å². The van der Waals surface area contributed by atoms with Crippen LogP contribution in [0.15, 0.2) is 6.07 Å². The fourth-order valence-electron chi connectivity index (χ4n) is 1.60. The average molecular weight is 312 g/mol. The van der Waals surface area contributed by atoms with Crippen LogP contribution in [-0.4, -0.2) is 23.0 Å². The number of aryl methyl sites for hydroxylation is 2. The van der Waals surface area contributed by atoms with Gasteiger partial charge in [-0.05, 0) is 39.3 Å². The molecule has 0 aliphatic carbocycles. The summed E-state index contributed by atoms with van der Waals surface area (Å²) in [6.45, 7) is 7.20. The molecule has 6 nitrogen and oxygen atoms in total. The Balaban J connectivity index is 2.43. The van der Waals surface area contributed by atoms with E-state index in [1.807, 2.05) is 19.9 Å². The van der Waals surface area contributed by atoms with E-state index in [0.29, 0.717) is 6.54 Å². The zero-order valence-electron chi connectivity index (χ0n) is 12.6. The van der Waals surface area contributed by atoms with Crippen LogP contribution in [0.4, 0.5) is 4.79 Å². The molecule has 0 aromatic carbocycles. The van der Waals surface area contributed by atoms with Gasteiger partial charge in [0.15, 0.2) is 0 Å². The van der Waals surface area contributed by atoms with E-state index in [1.54, 1.807) is 11.3 Å². The van der Waals surface area contributed by atoms with Gasteiger partial charge in [-0.15, -0.1) is 11.3 Å². The van der Waals surface area contributed by atoms with Gasteiger partial charge in [-0.25, -0.2) is 4.79 Å². The van der Waals surface area contributed by atoms with E-state index >= 15 is 0 Å². The number of hydrogen-bond donors (Lipinski definition) is 3. The fraction of sp³-hybridized carbons (Fsp3) is 0.500. The zero-order valence-corrected chi connectivity index (χ0v) is 13.4. The minimum absolute atomic E-state index is 0.257. The lowest BCUT2D eigenvalue weighted by atomic mass is 9.89. The second-order valence-corrected chi connectivity index (χ2v) is 6.89. The van der Waals surface area contributed by atoms with Crippen molar-refractivity contribution < 1.29 is 19.5 Å². The number of carboxylic acids is 1. The maximum atomic E-state index is 11.6. The summed E-state index contributed by atoms with van der Waals surface area (Å²) in [4.78, 5) is 36.3. The summed E-state index contributed by atoms with van der Waals surface area (Å²) in [7, 11) is 0. The van der Waals surface area contributed by atoms with Crippen molar-refractivity contribution in [2.45, 2.75) is 40.7 Å². The van der Waals surface area contributed by atoms with Gasteiger partial charge in [0.25, 0.3) is 0 Å². The Morgan fingerprint density at radius 2 is 1.90 bits per heavy atom. The second-order valence-electron chi connectivity index (χ2n) is 5.55. The van der Waals surface area contributed by atoms with Crippen molar-refractivity contribution in [1.29, 1.82) is 0 Å². The van der Waals surface area contributed by atoms with Crippen LogP contribution in [0.2, 0.25) is 0 Å². The first kappa shape index (κ1) is 17.2. The Hall–Kier alpha value is -1.89. The molecule has 21 heavy (non-hydrogen) atoms. The molecule has 1 aromatic rings. The summed E-state index contributed by atoms with van der Waals surface area (Å²) in [5.41, 5.74) is -0.0386. The molecule has 1 heterocycles. The molecule has 3 amide bonds. The summed E-state index contributed by atoms with van der Waals surface area (Å²) in [6.07, 6.45) is -0.257. The van der Waals surface area contributed by atoms with Crippen molar-refractivity contribution in [2.75, 3.05) is 0 Å². The molecule has 0 aliphatic heterocycles. The zero-order chi connectivity index (χ0) is 16.2. The van der Waals surface area contributed by atoms with Crippen LogP contribution in [0.1, 0.15) is 35.6 Å². The molecule has 3 N–H and O–H groups in total. The Morgan fingerprint density at radius 1 is 1.29 bits per heavy atom. The molecule has 0 atom stereocenters. The topological polar surface area (TPSA) is 95.5 Å². The number of urea groups is 1. The van der Waals surface area contributed by atoms with Crippen molar-refractivity contribution in [3.63, 3.8) is 0 Å². The van der Waals surface area contributed by atoms with Gasteiger partial charge in [-0.2, -0.15) is 0 Å². The van der Waals surface area contributed by atoms with Crippen molar-refractivity contribution in [1.82, 2.24) is 10.6 Å². The van der Waals surface area contributed by atoms with E-state index < -0.39 is 23.3 Å². The molecule has 7 heteroatoms. The molecular weight excluding hydrogens is 292 g/mol. The van der Waals surface area contributed by atoms with Crippen LogP contribution in [0.3, 0.4) is 0 Å². The Morgan fingerprint density at radius 3 is 2.38 bits per heavy atom. The minimum atomic E-state index is -1.20. The molecule has 0 saturated carbocycles. The predicted octanol–water partition coefficient (Wildman–Crippen LogP) is 2.19. The maximum absolute atomic E-state index is 11.6. The highest BCUT2D eigenvalue weighted by atomic mass is 32.1. The lowest BCUT2D eigenvalue weighted by Gasteiger charge is -2.17. The number of carboxylic acid groups (broad SMARTS) is 1. The molecule has 0 aliphatic rings. The van der Waals surface area contributed by atoms with Gasteiger partial charge >= 0.3 is 12.0 Å². The molecular formula is C14H20N2O4S. The number of aliphatic carboxylic acids is 1. The average Bonchev–Trinajstić information content (AvgIpc) is 2.65. The Labute approximate surface area is 127 Å². The Kier molecular flexibility index (Phi) is 5.48. The number of carbonyl (C=O) groups excluding carboxylic acids is 2. The van der Waals surface area contributed by atoms with Crippen LogP contribution in [0.5, 0.6) is 0 Å². The fourth-order valence-corrected chi connectivity index (χ4v) is 2.59. The van der Waals surface area contributed by atoms with E-state index in [1.165, 1.54) is 18.7 Å². The van der Waals surface area contributed by atoms with E-state index in [0.717, 1.165) is 10.4 Å². The van der Waals surface area contributed by atoms with E-state index in [2.05, 4.69) is 10.6 Å². The van der Waals surface area contributed by atoms with Gasteiger partial charge in [-0.3, -0.25) is 14.9 Å². The monoisotopic (exact) mass is 312 g/mol. The molecule has 1 aromatic heterocycles. The summed E-state index contributed by atoms with van der Waals surface area (Å²) in [5, 5.41) is 13.6. The number of carbonyl (C=O) groups is 3. The number of hydrogen-bond acceptors (Lipinski definition) is 4. The number of nitrogens with one attached hydrogen (secondary N) is 2. The molecule has 0 radical (unpaired) electrons. The molecule has 0 unspecified atom stereocenters. The lowest BCUT2D eigenvalue weighted by Crippen LogP contribution is -2.41. The molecule has 1 rings (SSSR count). The lowest BCUT2D eigenvalue weighted by molar-refractivity contribution is -0.149. The number of imide groups is 1. The first-order valence-electron chi connectivity index (χ1n) is 6.49. The molecule has 0 saturated heterocycles. The number of amides is 3. The summed E-state index contributed by atoms with van der Waals surface area (Å²) < 4.78 is 0. The first-order valence-corrected chi connectivity index (χ1v) is 7.30. The number of thiophene rings is 1. The van der Waals surface area contributed by atoms with Gasteiger partial charge in [0.1, 0.15) is 0 Å². The van der Waals surface area contributed by atoms with Crippen LogP contribution in [-0.2, 0) is 16.1 Å². The summed E-state index contributed by atoms with van der Waals surface area (Å²) >= 11 is 1.58. The SMILES string of the molecule is Cc1cc(CNC(=O)NC(=O)CC(C)(C)C(=O)O)sc1C. The van der Waals surface area contributed by atoms with Gasteiger partial charge in [0.2, 0.25) is 5.91 Å². The third-order valence-corrected chi connectivity index (χ3v) is 4.23. The van der Waals surface area contributed by atoms with Gasteiger partial charge in [0, 0.05) is 16.2 Å².